The second kappa shape index (κ2) is 6.24. The molecule has 0 amide bonds. The van der Waals surface area contributed by atoms with Crippen molar-refractivity contribution in [2.45, 2.75) is 36.7 Å². The number of ketones is 1. The van der Waals surface area contributed by atoms with Gasteiger partial charge in [0, 0.05) is 17.4 Å². The Morgan fingerprint density at radius 3 is 2.87 bits per heavy atom. The zero-order valence-electron chi connectivity index (χ0n) is 13.0. The second-order valence-electron chi connectivity index (χ2n) is 5.95. The van der Waals surface area contributed by atoms with E-state index in [4.69, 9.17) is 9.47 Å². The van der Waals surface area contributed by atoms with Gasteiger partial charge >= 0.3 is 0 Å². The molecule has 2 aliphatic rings. The Balaban J connectivity index is 1.87. The molecule has 3 rings (SSSR count). The summed E-state index contributed by atoms with van der Waals surface area (Å²) in [6, 6.07) is 2.48. The van der Waals surface area contributed by atoms with Crippen LogP contribution in [0.3, 0.4) is 0 Å². The molecule has 0 bridgehead atoms. The third-order valence-electron chi connectivity index (χ3n) is 4.63. The molecule has 0 unspecified atom stereocenters. The fourth-order valence-corrected chi connectivity index (χ4v) is 3.76. The molecule has 0 aromatic heterocycles. The zero-order valence-corrected chi connectivity index (χ0v) is 13.8. The van der Waals surface area contributed by atoms with Crippen molar-refractivity contribution in [1.29, 1.82) is 0 Å². The lowest BCUT2D eigenvalue weighted by Gasteiger charge is -2.35. The normalized spacial score (nSPS) is 24.9. The first-order valence-corrected chi connectivity index (χ1v) is 8.72. The van der Waals surface area contributed by atoms with Crippen LogP contribution in [0.15, 0.2) is 28.9 Å². The van der Waals surface area contributed by atoms with Crippen molar-refractivity contribution >= 4 is 17.5 Å². The van der Waals surface area contributed by atoms with E-state index in [1.165, 1.54) is 30.0 Å². The van der Waals surface area contributed by atoms with E-state index < -0.39 is 17.2 Å². The van der Waals surface area contributed by atoms with Gasteiger partial charge in [-0.15, -0.1) is 11.8 Å². The summed E-state index contributed by atoms with van der Waals surface area (Å²) in [5.74, 6) is -0.455. The Morgan fingerprint density at radius 1 is 1.35 bits per heavy atom. The van der Waals surface area contributed by atoms with Crippen LogP contribution < -0.4 is 0 Å². The molecule has 0 radical (unpaired) electrons. The van der Waals surface area contributed by atoms with Gasteiger partial charge in [0.15, 0.2) is 12.6 Å². The molecule has 1 aliphatic carbocycles. The monoisotopic (exact) mass is 340 g/mol. The minimum absolute atomic E-state index is 0.00914. The number of hydrogen-bond acceptors (Lipinski definition) is 4. The highest BCUT2D eigenvalue weighted by Crippen LogP contribution is 2.44. The van der Waals surface area contributed by atoms with Crippen LogP contribution in [-0.4, -0.2) is 24.4 Å². The first-order chi connectivity index (χ1) is 11.0. The second-order valence-corrected chi connectivity index (χ2v) is 6.80. The highest BCUT2D eigenvalue weighted by Gasteiger charge is 2.49. The molecule has 1 aliphatic heterocycles. The number of allylic oxidation sites excluding steroid dienone is 1. The number of carbonyl (C=O) groups excluding carboxylic acids is 1. The first-order valence-electron chi connectivity index (χ1n) is 7.50. The minimum atomic E-state index is -0.713. The lowest BCUT2D eigenvalue weighted by atomic mass is 9.76. The molecule has 1 heterocycles. The molecule has 0 saturated carbocycles. The maximum absolute atomic E-state index is 14.2. The van der Waals surface area contributed by atoms with Gasteiger partial charge in [0.05, 0.1) is 0 Å². The molecule has 1 aromatic carbocycles. The van der Waals surface area contributed by atoms with Gasteiger partial charge in [-0.1, -0.05) is 6.92 Å². The third kappa shape index (κ3) is 2.90. The molecule has 124 valence electrons. The smallest absolute Gasteiger partial charge is 0.189 e. The maximum atomic E-state index is 14.2. The zero-order chi connectivity index (χ0) is 16.6. The lowest BCUT2D eigenvalue weighted by molar-refractivity contribution is -0.117. The summed E-state index contributed by atoms with van der Waals surface area (Å²) in [4.78, 5) is 11.9. The van der Waals surface area contributed by atoms with E-state index in [0.29, 0.717) is 35.5 Å². The number of thioether (sulfide) groups is 1. The van der Waals surface area contributed by atoms with Gasteiger partial charge in [0.2, 0.25) is 0 Å². The van der Waals surface area contributed by atoms with E-state index in [2.05, 4.69) is 0 Å². The molecule has 23 heavy (non-hydrogen) atoms. The van der Waals surface area contributed by atoms with Crippen LogP contribution in [0.4, 0.5) is 8.78 Å². The van der Waals surface area contributed by atoms with Crippen molar-refractivity contribution in [3.05, 3.63) is 41.2 Å². The highest BCUT2D eigenvalue weighted by molar-refractivity contribution is 7.98. The summed E-state index contributed by atoms with van der Waals surface area (Å²) in [5, 5.41) is 0. The number of ether oxygens (including phenoxy) is 2. The molecular formula is C17H18F2O3S. The van der Waals surface area contributed by atoms with Crippen molar-refractivity contribution in [2.75, 3.05) is 13.0 Å². The number of rotatable bonds is 4. The first kappa shape index (κ1) is 16.5. The Hall–Kier alpha value is -1.40. The topological polar surface area (TPSA) is 35.5 Å². The Morgan fingerprint density at radius 2 is 2.13 bits per heavy atom. The van der Waals surface area contributed by atoms with Crippen molar-refractivity contribution in [3.8, 4) is 0 Å². The molecule has 1 fully saturated rings. The van der Waals surface area contributed by atoms with Crippen LogP contribution in [0, 0.1) is 17.6 Å². The van der Waals surface area contributed by atoms with Gasteiger partial charge in [-0.25, -0.2) is 8.78 Å². The maximum Gasteiger partial charge on any atom is 0.189 e. The van der Waals surface area contributed by atoms with Crippen LogP contribution in [0.5, 0.6) is 0 Å². The molecule has 2 atom stereocenters. The van der Waals surface area contributed by atoms with E-state index in [1.54, 1.807) is 6.26 Å². The van der Waals surface area contributed by atoms with Crippen molar-refractivity contribution in [2.24, 2.45) is 5.92 Å². The predicted molar refractivity (Wildman–Crippen MR) is 83.1 cm³/mol. The van der Waals surface area contributed by atoms with E-state index in [1.807, 2.05) is 6.92 Å². The number of carbonyl (C=O) groups is 1. The van der Waals surface area contributed by atoms with Gasteiger partial charge < -0.3 is 9.47 Å². The third-order valence-corrected chi connectivity index (χ3v) is 5.38. The van der Waals surface area contributed by atoms with Crippen molar-refractivity contribution < 1.29 is 23.0 Å². The van der Waals surface area contributed by atoms with Gasteiger partial charge in [-0.3, -0.25) is 4.79 Å². The fourth-order valence-electron chi connectivity index (χ4n) is 3.29. The van der Waals surface area contributed by atoms with E-state index >= 15 is 0 Å². The van der Waals surface area contributed by atoms with E-state index in [0.717, 1.165) is 0 Å². The predicted octanol–water partition coefficient (Wildman–Crippen LogP) is 3.86. The summed E-state index contributed by atoms with van der Waals surface area (Å²) in [6.45, 7) is 2.00. The fraction of sp³-hybridized carbons (Fsp3) is 0.471. The largest absolute Gasteiger partial charge is 0.469 e. The average molecular weight is 340 g/mol. The number of fused-ring (bicyclic) bond motifs is 1. The van der Waals surface area contributed by atoms with Gasteiger partial charge in [0.25, 0.3) is 0 Å². The van der Waals surface area contributed by atoms with E-state index in [-0.39, 0.29) is 18.5 Å². The van der Waals surface area contributed by atoms with Gasteiger partial charge in [-0.2, -0.15) is 0 Å². The molecule has 0 N–H and O–H groups in total. The van der Waals surface area contributed by atoms with Crippen LogP contribution in [0.25, 0.3) is 0 Å². The van der Waals surface area contributed by atoms with Crippen LogP contribution >= 0.6 is 11.8 Å². The summed E-state index contributed by atoms with van der Waals surface area (Å²) in [6.07, 6.45) is 4.37. The SMILES string of the molecule is CSc1cc(F)c(C[C@H](C)[C@]23CCC(=O)C=C2OCO3)cc1F. The standard InChI is InChI=1S/C17H18F2O3S/c1-10(5-11-6-14(19)15(23-2)8-13(11)18)17-4-3-12(20)7-16(17)21-9-22-17/h6-8,10H,3-5,9H2,1-2H3/t10-,17+/m0/s1. The van der Waals surface area contributed by atoms with Gasteiger partial charge in [-0.05, 0) is 42.7 Å². The average Bonchev–Trinajstić information content (AvgIpc) is 2.94. The Bertz CT molecular complexity index is 674. The van der Waals surface area contributed by atoms with Crippen LogP contribution in [-0.2, 0) is 20.7 Å². The van der Waals surface area contributed by atoms with Crippen molar-refractivity contribution in [1.82, 2.24) is 0 Å². The number of hydrogen-bond donors (Lipinski definition) is 0. The Labute approximate surface area is 138 Å². The molecule has 6 heteroatoms. The van der Waals surface area contributed by atoms with Gasteiger partial charge in [0.1, 0.15) is 23.0 Å². The molecule has 3 nitrogen and oxygen atoms in total. The number of benzene rings is 1. The van der Waals surface area contributed by atoms with Crippen molar-refractivity contribution in [3.63, 3.8) is 0 Å². The molecule has 0 spiro atoms. The minimum Gasteiger partial charge on any atom is -0.469 e. The lowest BCUT2D eigenvalue weighted by Crippen LogP contribution is -2.41. The number of halogens is 2. The Kier molecular flexibility index (Phi) is 4.47. The summed E-state index contributed by atoms with van der Waals surface area (Å²) in [5.41, 5.74) is -0.399. The quantitative estimate of drug-likeness (QED) is 0.780. The van der Waals surface area contributed by atoms with E-state index in [9.17, 15) is 13.6 Å². The summed E-state index contributed by atoms with van der Waals surface area (Å²) >= 11 is 1.17. The molecule has 1 aromatic rings. The molecular weight excluding hydrogens is 322 g/mol. The highest BCUT2D eigenvalue weighted by atomic mass is 32.2. The summed E-state index contributed by atoms with van der Waals surface area (Å²) < 4.78 is 39.4. The van der Waals surface area contributed by atoms with Crippen LogP contribution in [0.2, 0.25) is 0 Å². The summed E-state index contributed by atoms with van der Waals surface area (Å²) in [7, 11) is 0. The molecule has 1 saturated heterocycles. The van der Waals surface area contributed by atoms with Crippen LogP contribution in [0.1, 0.15) is 25.3 Å².